The average molecular weight is 366 g/mol. The molecular weight excluding hydrogens is 349 g/mol. The lowest BCUT2D eigenvalue weighted by Crippen LogP contribution is -2.16. The van der Waals surface area contributed by atoms with E-state index in [0.29, 0.717) is 4.47 Å². The van der Waals surface area contributed by atoms with Crippen molar-refractivity contribution in [2.45, 2.75) is 20.3 Å². The topological polar surface area (TPSA) is 38.3 Å². The highest BCUT2D eigenvalue weighted by molar-refractivity contribution is 9.10. The Morgan fingerprint density at radius 2 is 2.05 bits per heavy atom. The van der Waals surface area contributed by atoms with Crippen molar-refractivity contribution in [2.24, 2.45) is 0 Å². The molecule has 0 saturated heterocycles. The van der Waals surface area contributed by atoms with Crippen molar-refractivity contribution >= 4 is 27.5 Å². The molecule has 3 nitrogen and oxygen atoms in total. The van der Waals surface area contributed by atoms with Crippen LogP contribution in [0.4, 0.5) is 10.1 Å². The van der Waals surface area contributed by atoms with Gasteiger partial charge < -0.3 is 10.1 Å². The van der Waals surface area contributed by atoms with Gasteiger partial charge in [0.25, 0.3) is 0 Å². The molecule has 0 unspecified atom stereocenters. The standard InChI is InChI=1S/C17H17BrFNO2/c1-11-4-3-5-16(12(11)2)22-9-8-17(21)20-15-7-6-13(18)10-14(15)19/h3-7,10H,8-9H2,1-2H3,(H,20,21). The van der Waals surface area contributed by atoms with Crippen molar-refractivity contribution < 1.29 is 13.9 Å². The lowest BCUT2D eigenvalue weighted by atomic mass is 10.1. The summed E-state index contributed by atoms with van der Waals surface area (Å²) in [6.45, 7) is 4.22. The number of rotatable bonds is 5. The van der Waals surface area contributed by atoms with E-state index in [1.807, 2.05) is 32.0 Å². The van der Waals surface area contributed by atoms with Gasteiger partial charge in [0, 0.05) is 4.47 Å². The quantitative estimate of drug-likeness (QED) is 0.839. The molecule has 0 heterocycles. The molecule has 0 atom stereocenters. The van der Waals surface area contributed by atoms with Gasteiger partial charge in [-0.3, -0.25) is 4.79 Å². The number of ether oxygens (including phenoxy) is 1. The summed E-state index contributed by atoms with van der Waals surface area (Å²) in [5, 5.41) is 2.53. The molecule has 0 bridgehead atoms. The van der Waals surface area contributed by atoms with Crippen molar-refractivity contribution in [1.29, 1.82) is 0 Å². The molecule has 0 fully saturated rings. The van der Waals surface area contributed by atoms with E-state index in [0.717, 1.165) is 16.9 Å². The molecule has 116 valence electrons. The van der Waals surface area contributed by atoms with Crippen LogP contribution in [0.5, 0.6) is 5.75 Å². The number of carbonyl (C=O) groups is 1. The molecule has 0 aromatic heterocycles. The van der Waals surface area contributed by atoms with Gasteiger partial charge in [-0.2, -0.15) is 0 Å². The van der Waals surface area contributed by atoms with Crippen LogP contribution in [-0.2, 0) is 4.79 Å². The Hall–Kier alpha value is -1.88. The Labute approximate surface area is 137 Å². The Morgan fingerprint density at radius 1 is 1.27 bits per heavy atom. The maximum absolute atomic E-state index is 13.6. The predicted molar refractivity (Wildman–Crippen MR) is 88.8 cm³/mol. The summed E-state index contributed by atoms with van der Waals surface area (Å²) in [7, 11) is 0. The smallest absolute Gasteiger partial charge is 0.227 e. The van der Waals surface area contributed by atoms with E-state index in [1.165, 1.54) is 12.1 Å². The maximum Gasteiger partial charge on any atom is 0.227 e. The predicted octanol–water partition coefficient (Wildman–Crippen LogP) is 4.61. The fourth-order valence-corrected chi connectivity index (χ4v) is 2.27. The third kappa shape index (κ3) is 4.31. The number of aryl methyl sites for hydroxylation is 1. The summed E-state index contributed by atoms with van der Waals surface area (Å²) in [5.41, 5.74) is 2.36. The first-order valence-corrected chi connectivity index (χ1v) is 7.70. The van der Waals surface area contributed by atoms with Crippen LogP contribution < -0.4 is 10.1 Å². The number of hydrogen-bond donors (Lipinski definition) is 1. The minimum Gasteiger partial charge on any atom is -0.493 e. The summed E-state index contributed by atoms with van der Waals surface area (Å²) in [6, 6.07) is 10.3. The first-order chi connectivity index (χ1) is 10.5. The number of halogens is 2. The molecule has 0 radical (unpaired) electrons. The summed E-state index contributed by atoms with van der Waals surface area (Å²) >= 11 is 3.17. The van der Waals surface area contributed by atoms with E-state index >= 15 is 0 Å². The first kappa shape index (κ1) is 16.5. The second-order valence-corrected chi connectivity index (χ2v) is 5.88. The fourth-order valence-electron chi connectivity index (χ4n) is 1.94. The van der Waals surface area contributed by atoms with Crippen LogP contribution in [0.3, 0.4) is 0 Å². The molecular formula is C17H17BrFNO2. The highest BCUT2D eigenvalue weighted by Crippen LogP contribution is 2.21. The van der Waals surface area contributed by atoms with Gasteiger partial charge in [0.2, 0.25) is 5.91 Å². The van der Waals surface area contributed by atoms with Crippen LogP contribution in [0.1, 0.15) is 17.5 Å². The lowest BCUT2D eigenvalue weighted by Gasteiger charge is -2.11. The lowest BCUT2D eigenvalue weighted by molar-refractivity contribution is -0.116. The van der Waals surface area contributed by atoms with Crippen LogP contribution in [-0.4, -0.2) is 12.5 Å². The van der Waals surface area contributed by atoms with Crippen LogP contribution in [0.15, 0.2) is 40.9 Å². The van der Waals surface area contributed by atoms with Gasteiger partial charge in [-0.25, -0.2) is 4.39 Å². The Kier molecular flexibility index (Phi) is 5.55. The highest BCUT2D eigenvalue weighted by atomic mass is 79.9. The van der Waals surface area contributed by atoms with Crippen molar-refractivity contribution in [3.63, 3.8) is 0 Å². The zero-order valence-electron chi connectivity index (χ0n) is 12.5. The van der Waals surface area contributed by atoms with Crippen LogP contribution >= 0.6 is 15.9 Å². The molecule has 0 spiro atoms. The first-order valence-electron chi connectivity index (χ1n) is 6.91. The molecule has 5 heteroatoms. The fraction of sp³-hybridized carbons (Fsp3) is 0.235. The number of amides is 1. The minimum absolute atomic E-state index is 0.156. The normalized spacial score (nSPS) is 10.4. The number of hydrogen-bond acceptors (Lipinski definition) is 2. The minimum atomic E-state index is -0.474. The van der Waals surface area contributed by atoms with E-state index < -0.39 is 5.82 Å². The Morgan fingerprint density at radius 3 is 2.77 bits per heavy atom. The van der Waals surface area contributed by atoms with E-state index in [-0.39, 0.29) is 24.6 Å². The molecule has 0 saturated carbocycles. The van der Waals surface area contributed by atoms with Crippen LogP contribution in [0.2, 0.25) is 0 Å². The molecule has 2 aromatic rings. The number of carbonyl (C=O) groups excluding carboxylic acids is 1. The highest BCUT2D eigenvalue weighted by Gasteiger charge is 2.08. The number of anilines is 1. The van der Waals surface area contributed by atoms with Crippen molar-refractivity contribution in [3.05, 3.63) is 57.8 Å². The van der Waals surface area contributed by atoms with Crippen molar-refractivity contribution in [3.8, 4) is 5.75 Å². The van der Waals surface area contributed by atoms with Gasteiger partial charge >= 0.3 is 0 Å². The summed E-state index contributed by atoms with van der Waals surface area (Å²) in [4.78, 5) is 11.8. The molecule has 1 amide bonds. The summed E-state index contributed by atoms with van der Waals surface area (Å²) < 4.78 is 19.9. The molecule has 2 aromatic carbocycles. The largest absolute Gasteiger partial charge is 0.493 e. The van der Waals surface area contributed by atoms with E-state index in [4.69, 9.17) is 4.74 Å². The second kappa shape index (κ2) is 7.40. The van der Waals surface area contributed by atoms with Crippen LogP contribution in [0, 0.1) is 19.7 Å². The average Bonchev–Trinajstić information content (AvgIpc) is 2.46. The Bertz CT molecular complexity index is 688. The van der Waals surface area contributed by atoms with Gasteiger partial charge in [0.05, 0.1) is 18.7 Å². The SMILES string of the molecule is Cc1cccc(OCCC(=O)Nc2ccc(Br)cc2F)c1C. The molecule has 1 N–H and O–H groups in total. The van der Waals surface area contributed by atoms with Crippen molar-refractivity contribution in [1.82, 2.24) is 0 Å². The molecule has 0 aliphatic carbocycles. The monoisotopic (exact) mass is 365 g/mol. The van der Waals surface area contributed by atoms with Gasteiger partial charge in [0.1, 0.15) is 11.6 Å². The van der Waals surface area contributed by atoms with Gasteiger partial charge in [-0.1, -0.05) is 28.1 Å². The maximum atomic E-state index is 13.6. The Balaban J connectivity index is 1.87. The van der Waals surface area contributed by atoms with Gasteiger partial charge in [0.15, 0.2) is 0 Å². The zero-order valence-corrected chi connectivity index (χ0v) is 14.0. The van der Waals surface area contributed by atoms with E-state index in [1.54, 1.807) is 6.07 Å². The van der Waals surface area contributed by atoms with Crippen molar-refractivity contribution in [2.75, 3.05) is 11.9 Å². The zero-order chi connectivity index (χ0) is 16.1. The third-order valence-electron chi connectivity index (χ3n) is 3.35. The van der Waals surface area contributed by atoms with Gasteiger partial charge in [-0.15, -0.1) is 0 Å². The van der Waals surface area contributed by atoms with Crippen LogP contribution in [0.25, 0.3) is 0 Å². The summed E-state index contributed by atoms with van der Waals surface area (Å²) in [5.74, 6) is 0.00678. The van der Waals surface area contributed by atoms with E-state index in [9.17, 15) is 9.18 Å². The second-order valence-electron chi connectivity index (χ2n) is 4.97. The van der Waals surface area contributed by atoms with E-state index in [2.05, 4.69) is 21.2 Å². The molecule has 2 rings (SSSR count). The summed E-state index contributed by atoms with van der Waals surface area (Å²) in [6.07, 6.45) is 0.156. The molecule has 22 heavy (non-hydrogen) atoms. The number of nitrogens with one attached hydrogen (secondary N) is 1. The third-order valence-corrected chi connectivity index (χ3v) is 3.84. The molecule has 0 aliphatic heterocycles. The number of benzene rings is 2. The van der Waals surface area contributed by atoms with Gasteiger partial charge in [-0.05, 0) is 49.2 Å². The molecule has 0 aliphatic rings.